The predicted octanol–water partition coefficient (Wildman–Crippen LogP) is 4.16. The molecule has 0 unspecified atom stereocenters. The molecule has 1 N–H and O–H groups in total. The van der Waals surface area contributed by atoms with E-state index in [-0.39, 0.29) is 0 Å². The van der Waals surface area contributed by atoms with Gasteiger partial charge in [-0.2, -0.15) is 0 Å². The van der Waals surface area contributed by atoms with Gasteiger partial charge in [-0.25, -0.2) is 9.97 Å². The lowest BCUT2D eigenvalue weighted by atomic mass is 10.1. The fourth-order valence-electron chi connectivity index (χ4n) is 2.01. The molecule has 0 aromatic carbocycles. The average Bonchev–Trinajstić information content (AvgIpc) is 2.82. The highest BCUT2D eigenvalue weighted by atomic mass is 35.5. The molecule has 0 radical (unpaired) electrons. The number of rotatable bonds is 6. The molecule has 0 aliphatic heterocycles. The molecule has 0 saturated carbocycles. The Labute approximate surface area is 140 Å². The van der Waals surface area contributed by atoms with Crippen molar-refractivity contribution >= 4 is 34.5 Å². The molecule has 2 aromatic heterocycles. The third-order valence-corrected chi connectivity index (χ3v) is 4.04. The summed E-state index contributed by atoms with van der Waals surface area (Å²) in [5.74, 6) is 0.654. The molecule has 0 saturated heterocycles. The number of nitrogens with zero attached hydrogens (tertiary/aromatic N) is 3. The van der Waals surface area contributed by atoms with Gasteiger partial charge in [0, 0.05) is 43.8 Å². The summed E-state index contributed by atoms with van der Waals surface area (Å²) in [7, 11) is 4.02. The number of allylic oxidation sites excluding steroid dienone is 1. The number of aromatic nitrogens is 2. The zero-order chi connectivity index (χ0) is 16.1. The second-order valence-corrected chi connectivity index (χ2v) is 7.36. The Kier molecular flexibility index (Phi) is 5.80. The van der Waals surface area contributed by atoms with Gasteiger partial charge in [-0.1, -0.05) is 11.6 Å². The van der Waals surface area contributed by atoms with E-state index in [2.05, 4.69) is 41.4 Å². The van der Waals surface area contributed by atoms with Crippen LogP contribution in [0.3, 0.4) is 0 Å². The minimum atomic E-state index is 0.299. The van der Waals surface area contributed by atoms with E-state index in [1.165, 1.54) is 4.88 Å². The molecule has 22 heavy (non-hydrogen) atoms. The van der Waals surface area contributed by atoms with Gasteiger partial charge in [0.25, 0.3) is 0 Å². The molecule has 0 atom stereocenters. The Morgan fingerprint density at radius 3 is 2.73 bits per heavy atom. The fraction of sp³-hybridized carbons (Fsp3) is 0.375. The first kappa shape index (κ1) is 16.8. The number of anilines is 1. The van der Waals surface area contributed by atoms with E-state index >= 15 is 0 Å². The standard InChI is InChI=1S/C16H21ClN4S/c1-11(2)19-16-18-8-7-14(20-16)12(10-21(3)4)9-13-5-6-15(17)22-13/h5-8,10-11H,9H2,1-4H3,(H,18,19,20). The van der Waals surface area contributed by atoms with Gasteiger partial charge in [0.05, 0.1) is 10.0 Å². The number of hydrogen-bond donors (Lipinski definition) is 1. The second kappa shape index (κ2) is 7.61. The SMILES string of the molecule is CC(C)Nc1nccc(C(=CN(C)C)Cc2ccc(Cl)s2)n1. The van der Waals surface area contributed by atoms with Crippen molar-refractivity contribution < 1.29 is 0 Å². The molecule has 4 nitrogen and oxygen atoms in total. The van der Waals surface area contributed by atoms with Crippen LogP contribution in [0.4, 0.5) is 5.95 Å². The summed E-state index contributed by atoms with van der Waals surface area (Å²) >= 11 is 7.63. The third-order valence-electron chi connectivity index (χ3n) is 2.81. The molecule has 2 rings (SSSR count). The first-order chi connectivity index (χ1) is 10.4. The molecular weight excluding hydrogens is 316 g/mol. The van der Waals surface area contributed by atoms with E-state index in [1.54, 1.807) is 17.5 Å². The molecule has 0 fully saturated rings. The highest BCUT2D eigenvalue weighted by Gasteiger charge is 2.09. The Bertz CT molecular complexity index is 649. The summed E-state index contributed by atoms with van der Waals surface area (Å²) < 4.78 is 0.809. The van der Waals surface area contributed by atoms with Gasteiger partial charge in [-0.15, -0.1) is 11.3 Å². The first-order valence-corrected chi connectivity index (χ1v) is 8.35. The zero-order valence-electron chi connectivity index (χ0n) is 13.3. The monoisotopic (exact) mass is 336 g/mol. The van der Waals surface area contributed by atoms with Gasteiger partial charge >= 0.3 is 0 Å². The number of hydrogen-bond acceptors (Lipinski definition) is 5. The maximum Gasteiger partial charge on any atom is 0.223 e. The van der Waals surface area contributed by atoms with Crippen molar-refractivity contribution in [1.29, 1.82) is 0 Å². The molecular formula is C16H21ClN4S. The quantitative estimate of drug-likeness (QED) is 0.860. The summed E-state index contributed by atoms with van der Waals surface area (Å²) in [4.78, 5) is 12.1. The van der Waals surface area contributed by atoms with Crippen molar-refractivity contribution in [3.8, 4) is 0 Å². The van der Waals surface area contributed by atoms with E-state index in [4.69, 9.17) is 11.6 Å². The van der Waals surface area contributed by atoms with Crippen LogP contribution in [0.15, 0.2) is 30.6 Å². The van der Waals surface area contributed by atoms with Gasteiger partial charge in [-0.05, 0) is 37.6 Å². The van der Waals surface area contributed by atoms with Crippen molar-refractivity contribution in [1.82, 2.24) is 14.9 Å². The topological polar surface area (TPSA) is 41.1 Å². The van der Waals surface area contributed by atoms with Crippen LogP contribution in [-0.4, -0.2) is 35.0 Å². The van der Waals surface area contributed by atoms with Crippen LogP contribution in [0.1, 0.15) is 24.4 Å². The normalized spacial score (nSPS) is 11.8. The van der Waals surface area contributed by atoms with Gasteiger partial charge in [0.1, 0.15) is 0 Å². The lowest BCUT2D eigenvalue weighted by Crippen LogP contribution is -2.13. The summed E-state index contributed by atoms with van der Waals surface area (Å²) in [6.07, 6.45) is 4.68. The van der Waals surface area contributed by atoms with Crippen LogP contribution < -0.4 is 5.32 Å². The van der Waals surface area contributed by atoms with Crippen molar-refractivity contribution in [3.63, 3.8) is 0 Å². The number of nitrogens with one attached hydrogen (secondary N) is 1. The number of thiophene rings is 1. The van der Waals surface area contributed by atoms with Crippen molar-refractivity contribution in [2.24, 2.45) is 0 Å². The molecule has 0 spiro atoms. The third kappa shape index (κ3) is 5.00. The molecule has 0 amide bonds. The summed E-state index contributed by atoms with van der Waals surface area (Å²) in [6, 6.07) is 6.23. The Morgan fingerprint density at radius 2 is 2.14 bits per heavy atom. The molecule has 0 bridgehead atoms. The summed E-state index contributed by atoms with van der Waals surface area (Å²) in [5, 5.41) is 3.24. The van der Waals surface area contributed by atoms with Crippen LogP contribution in [0, 0.1) is 0 Å². The maximum atomic E-state index is 6.03. The molecule has 6 heteroatoms. The Hall–Kier alpha value is -1.59. The van der Waals surface area contributed by atoms with Crippen LogP contribution >= 0.6 is 22.9 Å². The summed E-state index contributed by atoms with van der Waals surface area (Å²) in [5.41, 5.74) is 2.06. The highest BCUT2D eigenvalue weighted by Crippen LogP contribution is 2.27. The Morgan fingerprint density at radius 1 is 1.36 bits per heavy atom. The minimum absolute atomic E-state index is 0.299. The summed E-state index contributed by atoms with van der Waals surface area (Å²) in [6.45, 7) is 4.14. The molecule has 2 aromatic rings. The molecule has 0 aliphatic carbocycles. The second-order valence-electron chi connectivity index (χ2n) is 5.57. The van der Waals surface area contributed by atoms with E-state index in [0.29, 0.717) is 12.0 Å². The average molecular weight is 337 g/mol. The zero-order valence-corrected chi connectivity index (χ0v) is 14.9. The van der Waals surface area contributed by atoms with Crippen LogP contribution in [0.2, 0.25) is 4.34 Å². The Balaban J connectivity index is 2.29. The minimum Gasteiger partial charge on any atom is -0.383 e. The van der Waals surface area contributed by atoms with Gasteiger partial charge < -0.3 is 10.2 Å². The van der Waals surface area contributed by atoms with Gasteiger partial charge in [0.15, 0.2) is 0 Å². The van der Waals surface area contributed by atoms with E-state index in [0.717, 1.165) is 22.0 Å². The van der Waals surface area contributed by atoms with Crippen LogP contribution in [0.25, 0.3) is 5.57 Å². The van der Waals surface area contributed by atoms with E-state index < -0.39 is 0 Å². The fourth-order valence-corrected chi connectivity index (χ4v) is 3.12. The van der Waals surface area contributed by atoms with Gasteiger partial charge in [0.2, 0.25) is 5.95 Å². The van der Waals surface area contributed by atoms with Gasteiger partial charge in [-0.3, -0.25) is 0 Å². The van der Waals surface area contributed by atoms with Crippen LogP contribution in [-0.2, 0) is 6.42 Å². The molecule has 0 aliphatic rings. The van der Waals surface area contributed by atoms with Crippen molar-refractivity contribution in [2.45, 2.75) is 26.3 Å². The number of halogens is 1. The smallest absolute Gasteiger partial charge is 0.223 e. The van der Waals surface area contributed by atoms with E-state index in [9.17, 15) is 0 Å². The first-order valence-electron chi connectivity index (χ1n) is 7.15. The largest absolute Gasteiger partial charge is 0.383 e. The lowest BCUT2D eigenvalue weighted by molar-refractivity contribution is 0.564. The lowest BCUT2D eigenvalue weighted by Gasteiger charge is -2.13. The van der Waals surface area contributed by atoms with Crippen molar-refractivity contribution in [2.75, 3.05) is 19.4 Å². The van der Waals surface area contributed by atoms with Crippen molar-refractivity contribution in [3.05, 3.63) is 45.5 Å². The molecule has 118 valence electrons. The predicted molar refractivity (Wildman–Crippen MR) is 95.5 cm³/mol. The maximum absolute atomic E-state index is 6.03. The van der Waals surface area contributed by atoms with Crippen LogP contribution in [0.5, 0.6) is 0 Å². The van der Waals surface area contributed by atoms with E-state index in [1.807, 2.05) is 31.1 Å². The highest BCUT2D eigenvalue weighted by molar-refractivity contribution is 7.16. The molecule has 2 heterocycles.